The summed E-state index contributed by atoms with van der Waals surface area (Å²) in [6.07, 6.45) is 2.08. The first-order valence-electron chi connectivity index (χ1n) is 4.16. The van der Waals surface area contributed by atoms with E-state index in [0.717, 1.165) is 0 Å². The van der Waals surface area contributed by atoms with Crippen LogP contribution < -0.4 is 0 Å². The zero-order chi connectivity index (χ0) is 10.8. The standard InChI is InChI=1S/C10H6ClFN2O/c11-9-3-6(12)1-2-8(9)10-13-4-7(5-15)14-10/h1-5H,(H,13,14). The number of imidazole rings is 1. The van der Waals surface area contributed by atoms with Crippen LogP contribution in [-0.4, -0.2) is 16.3 Å². The summed E-state index contributed by atoms with van der Waals surface area (Å²) in [5.41, 5.74) is 0.844. The van der Waals surface area contributed by atoms with E-state index < -0.39 is 5.82 Å². The molecule has 0 bridgehead atoms. The molecule has 2 rings (SSSR count). The summed E-state index contributed by atoms with van der Waals surface area (Å²) in [7, 11) is 0. The van der Waals surface area contributed by atoms with Crippen molar-refractivity contribution in [3.8, 4) is 11.4 Å². The number of aromatic amines is 1. The van der Waals surface area contributed by atoms with E-state index in [0.29, 0.717) is 17.7 Å². The van der Waals surface area contributed by atoms with Gasteiger partial charge in [-0.1, -0.05) is 11.6 Å². The van der Waals surface area contributed by atoms with Crippen molar-refractivity contribution in [2.24, 2.45) is 0 Å². The Morgan fingerprint density at radius 3 is 2.87 bits per heavy atom. The number of H-pyrrole nitrogens is 1. The Labute approximate surface area is 89.9 Å². The molecule has 15 heavy (non-hydrogen) atoms. The maximum Gasteiger partial charge on any atom is 0.170 e. The van der Waals surface area contributed by atoms with E-state index in [-0.39, 0.29) is 10.7 Å². The molecule has 1 heterocycles. The van der Waals surface area contributed by atoms with Crippen LogP contribution in [0.25, 0.3) is 11.4 Å². The highest BCUT2D eigenvalue weighted by atomic mass is 35.5. The Hall–Kier alpha value is -1.68. The van der Waals surface area contributed by atoms with Crippen LogP contribution in [0.5, 0.6) is 0 Å². The molecule has 0 atom stereocenters. The first-order valence-corrected chi connectivity index (χ1v) is 4.54. The molecule has 1 aromatic heterocycles. The molecule has 0 aliphatic rings. The van der Waals surface area contributed by atoms with Gasteiger partial charge in [-0.2, -0.15) is 0 Å². The fraction of sp³-hybridized carbons (Fsp3) is 0. The highest BCUT2D eigenvalue weighted by molar-refractivity contribution is 6.33. The van der Waals surface area contributed by atoms with Gasteiger partial charge in [-0.15, -0.1) is 0 Å². The van der Waals surface area contributed by atoms with Gasteiger partial charge in [0.15, 0.2) is 6.29 Å². The SMILES string of the molecule is O=Cc1c[nH]c(-c2ccc(F)cc2Cl)n1. The number of carbonyl (C=O) groups excluding carboxylic acids is 1. The van der Waals surface area contributed by atoms with E-state index in [1.165, 1.54) is 24.4 Å². The molecule has 76 valence electrons. The third kappa shape index (κ3) is 1.89. The lowest BCUT2D eigenvalue weighted by atomic mass is 10.2. The summed E-state index contributed by atoms with van der Waals surface area (Å²) in [5.74, 6) is 0.0352. The van der Waals surface area contributed by atoms with Crippen molar-refractivity contribution in [1.29, 1.82) is 0 Å². The van der Waals surface area contributed by atoms with Gasteiger partial charge in [-0.05, 0) is 18.2 Å². The number of nitrogens with one attached hydrogen (secondary N) is 1. The summed E-state index contributed by atoms with van der Waals surface area (Å²) in [6.45, 7) is 0. The first kappa shape index (κ1) is 9.86. The van der Waals surface area contributed by atoms with Crippen LogP contribution in [0.15, 0.2) is 24.4 Å². The number of halogens is 2. The van der Waals surface area contributed by atoms with Crippen molar-refractivity contribution < 1.29 is 9.18 Å². The molecule has 0 fully saturated rings. The lowest BCUT2D eigenvalue weighted by molar-refractivity contribution is 0.111. The van der Waals surface area contributed by atoms with Crippen LogP contribution in [0.3, 0.4) is 0 Å². The summed E-state index contributed by atoms with van der Waals surface area (Å²) < 4.78 is 12.8. The third-order valence-electron chi connectivity index (χ3n) is 1.90. The Balaban J connectivity index is 2.49. The van der Waals surface area contributed by atoms with Gasteiger partial charge in [0, 0.05) is 11.8 Å². The minimum Gasteiger partial charge on any atom is -0.344 e. The number of aldehydes is 1. The average Bonchev–Trinajstić information content (AvgIpc) is 2.66. The lowest BCUT2D eigenvalue weighted by Gasteiger charge is -1.99. The summed E-state index contributed by atoms with van der Waals surface area (Å²) in [4.78, 5) is 17.2. The summed E-state index contributed by atoms with van der Waals surface area (Å²) in [6, 6.07) is 3.98. The smallest absolute Gasteiger partial charge is 0.170 e. The first-order chi connectivity index (χ1) is 7.20. The maximum atomic E-state index is 12.8. The number of benzene rings is 1. The molecule has 0 saturated heterocycles. The Bertz CT molecular complexity index is 510. The molecular weight excluding hydrogens is 219 g/mol. The predicted molar refractivity (Wildman–Crippen MR) is 54.4 cm³/mol. The molecule has 2 aromatic rings. The fourth-order valence-electron chi connectivity index (χ4n) is 1.22. The molecule has 3 nitrogen and oxygen atoms in total. The zero-order valence-corrected chi connectivity index (χ0v) is 8.25. The molecule has 0 aliphatic heterocycles. The topological polar surface area (TPSA) is 45.8 Å². The van der Waals surface area contributed by atoms with Crippen LogP contribution in [0.1, 0.15) is 10.5 Å². The van der Waals surface area contributed by atoms with E-state index in [4.69, 9.17) is 11.6 Å². The van der Waals surface area contributed by atoms with E-state index in [1.54, 1.807) is 0 Å². The molecule has 1 aromatic carbocycles. The van der Waals surface area contributed by atoms with Crippen LogP contribution in [0.4, 0.5) is 4.39 Å². The number of rotatable bonds is 2. The molecule has 0 unspecified atom stereocenters. The Kier molecular flexibility index (Phi) is 2.51. The van der Waals surface area contributed by atoms with E-state index in [1.807, 2.05) is 0 Å². The van der Waals surface area contributed by atoms with E-state index in [2.05, 4.69) is 9.97 Å². The van der Waals surface area contributed by atoms with Gasteiger partial charge < -0.3 is 4.98 Å². The minimum absolute atomic E-state index is 0.252. The van der Waals surface area contributed by atoms with Gasteiger partial charge >= 0.3 is 0 Å². The number of nitrogens with zero attached hydrogens (tertiary/aromatic N) is 1. The quantitative estimate of drug-likeness (QED) is 0.798. The summed E-state index contributed by atoms with van der Waals surface area (Å²) >= 11 is 5.83. The fourth-order valence-corrected chi connectivity index (χ4v) is 1.47. The van der Waals surface area contributed by atoms with Gasteiger partial charge in [-0.3, -0.25) is 4.79 Å². The number of aromatic nitrogens is 2. The van der Waals surface area contributed by atoms with Gasteiger partial charge in [-0.25, -0.2) is 9.37 Å². The highest BCUT2D eigenvalue weighted by Gasteiger charge is 2.08. The van der Waals surface area contributed by atoms with Crippen molar-refractivity contribution in [2.45, 2.75) is 0 Å². The molecule has 0 aliphatic carbocycles. The third-order valence-corrected chi connectivity index (χ3v) is 2.22. The van der Waals surface area contributed by atoms with Crippen molar-refractivity contribution in [2.75, 3.05) is 0 Å². The second-order valence-corrected chi connectivity index (χ2v) is 3.32. The Morgan fingerprint density at radius 1 is 1.47 bits per heavy atom. The highest BCUT2D eigenvalue weighted by Crippen LogP contribution is 2.25. The second-order valence-electron chi connectivity index (χ2n) is 2.92. The number of carbonyl (C=O) groups is 1. The molecule has 0 spiro atoms. The normalized spacial score (nSPS) is 10.3. The van der Waals surface area contributed by atoms with Gasteiger partial charge in [0.2, 0.25) is 0 Å². The second kappa shape index (κ2) is 3.82. The molecule has 5 heteroatoms. The lowest BCUT2D eigenvalue weighted by Crippen LogP contribution is -1.84. The van der Waals surface area contributed by atoms with Gasteiger partial charge in [0.05, 0.1) is 5.02 Å². The molecule has 1 N–H and O–H groups in total. The van der Waals surface area contributed by atoms with Gasteiger partial charge in [0.1, 0.15) is 17.3 Å². The Morgan fingerprint density at radius 2 is 2.27 bits per heavy atom. The summed E-state index contributed by atoms with van der Waals surface area (Å²) in [5, 5.41) is 0.252. The predicted octanol–water partition coefficient (Wildman–Crippen LogP) is 2.68. The molecule has 0 amide bonds. The van der Waals surface area contributed by atoms with Crippen molar-refractivity contribution >= 4 is 17.9 Å². The number of hydrogen-bond acceptors (Lipinski definition) is 2. The van der Waals surface area contributed by atoms with Crippen LogP contribution in [0.2, 0.25) is 5.02 Å². The number of hydrogen-bond donors (Lipinski definition) is 1. The molecule has 0 radical (unpaired) electrons. The largest absolute Gasteiger partial charge is 0.344 e. The van der Waals surface area contributed by atoms with Crippen molar-refractivity contribution in [3.63, 3.8) is 0 Å². The van der Waals surface area contributed by atoms with E-state index in [9.17, 15) is 9.18 Å². The van der Waals surface area contributed by atoms with Crippen LogP contribution in [0, 0.1) is 5.82 Å². The van der Waals surface area contributed by atoms with E-state index >= 15 is 0 Å². The molecule has 0 saturated carbocycles. The molecular formula is C10H6ClFN2O. The van der Waals surface area contributed by atoms with Crippen molar-refractivity contribution in [1.82, 2.24) is 9.97 Å². The maximum absolute atomic E-state index is 12.8. The van der Waals surface area contributed by atoms with Crippen LogP contribution in [-0.2, 0) is 0 Å². The van der Waals surface area contributed by atoms with Gasteiger partial charge in [0.25, 0.3) is 0 Å². The minimum atomic E-state index is -0.411. The monoisotopic (exact) mass is 224 g/mol. The average molecular weight is 225 g/mol. The zero-order valence-electron chi connectivity index (χ0n) is 7.50. The van der Waals surface area contributed by atoms with Crippen molar-refractivity contribution in [3.05, 3.63) is 40.9 Å². The van der Waals surface area contributed by atoms with Crippen LogP contribution >= 0.6 is 11.6 Å².